The maximum absolute atomic E-state index is 5.99. The standard InChI is InChI=1S/C18H22BrNO/c1-14(20)17-13-16(19)10-11-18(17)21-12-6-5-9-15-7-3-2-4-8-15/h2-4,7-8,10-11,13-14H,5-6,9,12,20H2,1H3/t14-/m1/s1. The number of rotatable bonds is 7. The van der Waals surface area contributed by atoms with E-state index in [0.29, 0.717) is 0 Å². The molecule has 0 saturated carbocycles. The van der Waals surface area contributed by atoms with Gasteiger partial charge in [0, 0.05) is 16.1 Å². The molecule has 0 bridgehead atoms. The average Bonchev–Trinajstić information content (AvgIpc) is 2.49. The van der Waals surface area contributed by atoms with Crippen LogP contribution in [0.3, 0.4) is 0 Å². The summed E-state index contributed by atoms with van der Waals surface area (Å²) in [6, 6.07) is 16.5. The lowest BCUT2D eigenvalue weighted by Crippen LogP contribution is -2.09. The molecule has 2 rings (SSSR count). The molecule has 2 aromatic carbocycles. The summed E-state index contributed by atoms with van der Waals surface area (Å²) in [7, 11) is 0. The van der Waals surface area contributed by atoms with Gasteiger partial charge in [0.25, 0.3) is 0 Å². The van der Waals surface area contributed by atoms with E-state index in [-0.39, 0.29) is 6.04 Å². The van der Waals surface area contributed by atoms with Crippen LogP contribution in [-0.2, 0) is 6.42 Å². The van der Waals surface area contributed by atoms with Crippen molar-refractivity contribution >= 4 is 15.9 Å². The highest BCUT2D eigenvalue weighted by molar-refractivity contribution is 9.10. The van der Waals surface area contributed by atoms with Crippen LogP contribution in [-0.4, -0.2) is 6.61 Å². The van der Waals surface area contributed by atoms with Crippen molar-refractivity contribution in [2.45, 2.75) is 32.2 Å². The third-order valence-electron chi connectivity index (χ3n) is 3.42. The number of unbranched alkanes of at least 4 members (excludes halogenated alkanes) is 1. The van der Waals surface area contributed by atoms with Gasteiger partial charge < -0.3 is 10.5 Å². The fourth-order valence-corrected chi connectivity index (χ4v) is 2.64. The first kappa shape index (κ1) is 16.1. The first-order valence-corrected chi connectivity index (χ1v) is 8.18. The summed E-state index contributed by atoms with van der Waals surface area (Å²) in [5, 5.41) is 0. The molecular formula is C18H22BrNO. The number of benzene rings is 2. The van der Waals surface area contributed by atoms with E-state index in [2.05, 4.69) is 46.3 Å². The highest BCUT2D eigenvalue weighted by Gasteiger charge is 2.08. The second-order valence-corrected chi connectivity index (χ2v) is 6.18. The van der Waals surface area contributed by atoms with Crippen LogP contribution in [0.4, 0.5) is 0 Å². The van der Waals surface area contributed by atoms with E-state index in [9.17, 15) is 0 Å². The summed E-state index contributed by atoms with van der Waals surface area (Å²) < 4.78 is 6.92. The quantitative estimate of drug-likeness (QED) is 0.725. The fraction of sp³-hybridized carbons (Fsp3) is 0.333. The van der Waals surface area contributed by atoms with Crippen molar-refractivity contribution < 1.29 is 4.74 Å². The van der Waals surface area contributed by atoms with Gasteiger partial charge in [-0.05, 0) is 49.9 Å². The van der Waals surface area contributed by atoms with Gasteiger partial charge in [0.2, 0.25) is 0 Å². The first-order chi connectivity index (χ1) is 10.2. The van der Waals surface area contributed by atoms with Crippen LogP contribution < -0.4 is 10.5 Å². The molecule has 1 atom stereocenters. The van der Waals surface area contributed by atoms with Gasteiger partial charge in [0.05, 0.1) is 6.61 Å². The van der Waals surface area contributed by atoms with Gasteiger partial charge in [-0.15, -0.1) is 0 Å². The predicted molar refractivity (Wildman–Crippen MR) is 91.6 cm³/mol. The van der Waals surface area contributed by atoms with E-state index >= 15 is 0 Å². The lowest BCUT2D eigenvalue weighted by molar-refractivity contribution is 0.302. The molecule has 2 aromatic rings. The van der Waals surface area contributed by atoms with Gasteiger partial charge in [-0.3, -0.25) is 0 Å². The Morgan fingerprint density at radius 1 is 1.10 bits per heavy atom. The average molecular weight is 348 g/mol. The van der Waals surface area contributed by atoms with Gasteiger partial charge in [-0.1, -0.05) is 46.3 Å². The molecular weight excluding hydrogens is 326 g/mol. The van der Waals surface area contributed by atoms with E-state index in [0.717, 1.165) is 41.7 Å². The molecule has 0 saturated heterocycles. The Morgan fingerprint density at radius 2 is 1.86 bits per heavy atom. The number of halogens is 1. The zero-order valence-electron chi connectivity index (χ0n) is 12.4. The van der Waals surface area contributed by atoms with Crippen LogP contribution in [0.2, 0.25) is 0 Å². The van der Waals surface area contributed by atoms with Crippen molar-refractivity contribution in [3.05, 3.63) is 64.1 Å². The van der Waals surface area contributed by atoms with E-state index in [4.69, 9.17) is 10.5 Å². The zero-order chi connectivity index (χ0) is 15.1. The summed E-state index contributed by atoms with van der Waals surface area (Å²) in [6.07, 6.45) is 3.28. The lowest BCUT2D eigenvalue weighted by Gasteiger charge is -2.14. The third-order valence-corrected chi connectivity index (χ3v) is 3.92. The summed E-state index contributed by atoms with van der Waals surface area (Å²) in [5.74, 6) is 0.896. The van der Waals surface area contributed by atoms with Crippen molar-refractivity contribution in [3.63, 3.8) is 0 Å². The number of hydrogen-bond donors (Lipinski definition) is 1. The lowest BCUT2D eigenvalue weighted by atomic mass is 10.1. The summed E-state index contributed by atoms with van der Waals surface area (Å²) in [6.45, 7) is 2.71. The monoisotopic (exact) mass is 347 g/mol. The smallest absolute Gasteiger partial charge is 0.124 e. The van der Waals surface area contributed by atoms with Crippen LogP contribution in [0.1, 0.15) is 36.9 Å². The fourth-order valence-electron chi connectivity index (χ4n) is 2.26. The maximum Gasteiger partial charge on any atom is 0.124 e. The Kier molecular flexibility index (Phi) is 6.27. The molecule has 0 heterocycles. The molecule has 0 aliphatic heterocycles. The van der Waals surface area contributed by atoms with E-state index < -0.39 is 0 Å². The largest absolute Gasteiger partial charge is 0.493 e. The maximum atomic E-state index is 5.99. The van der Waals surface area contributed by atoms with Gasteiger partial charge in [0.1, 0.15) is 5.75 Å². The molecule has 0 aliphatic rings. The number of aryl methyl sites for hydroxylation is 1. The molecule has 0 unspecified atom stereocenters. The Bertz CT molecular complexity index is 554. The second-order valence-electron chi connectivity index (χ2n) is 5.26. The minimum Gasteiger partial charge on any atom is -0.493 e. The molecule has 3 heteroatoms. The Balaban J connectivity index is 1.78. The minimum atomic E-state index is -0.0261. The summed E-state index contributed by atoms with van der Waals surface area (Å²) in [5.41, 5.74) is 8.42. The molecule has 112 valence electrons. The first-order valence-electron chi connectivity index (χ1n) is 7.38. The molecule has 0 amide bonds. The third kappa shape index (κ3) is 5.18. The molecule has 0 aliphatic carbocycles. The van der Waals surface area contributed by atoms with Gasteiger partial charge >= 0.3 is 0 Å². The highest BCUT2D eigenvalue weighted by Crippen LogP contribution is 2.27. The molecule has 0 radical (unpaired) electrons. The van der Waals surface area contributed by atoms with E-state index in [1.807, 2.05) is 25.1 Å². The molecule has 0 fully saturated rings. The summed E-state index contributed by atoms with van der Waals surface area (Å²) in [4.78, 5) is 0. The number of ether oxygens (including phenoxy) is 1. The Labute approximate surface area is 135 Å². The second kappa shape index (κ2) is 8.20. The molecule has 2 N–H and O–H groups in total. The highest BCUT2D eigenvalue weighted by atomic mass is 79.9. The van der Waals surface area contributed by atoms with Crippen molar-refractivity contribution in [2.24, 2.45) is 5.73 Å². The molecule has 0 aromatic heterocycles. The Morgan fingerprint density at radius 3 is 2.57 bits per heavy atom. The summed E-state index contributed by atoms with van der Waals surface area (Å²) >= 11 is 3.47. The Hall–Kier alpha value is -1.32. The van der Waals surface area contributed by atoms with Crippen LogP contribution in [0.25, 0.3) is 0 Å². The SMILES string of the molecule is C[C@@H](N)c1cc(Br)ccc1OCCCCc1ccccc1. The van der Waals surface area contributed by atoms with Crippen molar-refractivity contribution in [3.8, 4) is 5.75 Å². The van der Waals surface area contributed by atoms with Gasteiger partial charge in [-0.25, -0.2) is 0 Å². The molecule has 2 nitrogen and oxygen atoms in total. The van der Waals surface area contributed by atoms with E-state index in [1.54, 1.807) is 0 Å². The normalized spacial score (nSPS) is 12.1. The minimum absolute atomic E-state index is 0.0261. The number of hydrogen-bond acceptors (Lipinski definition) is 2. The topological polar surface area (TPSA) is 35.2 Å². The zero-order valence-corrected chi connectivity index (χ0v) is 14.0. The van der Waals surface area contributed by atoms with Crippen molar-refractivity contribution in [1.29, 1.82) is 0 Å². The van der Waals surface area contributed by atoms with Gasteiger partial charge in [0.15, 0.2) is 0 Å². The van der Waals surface area contributed by atoms with Crippen LogP contribution in [0, 0.1) is 0 Å². The number of nitrogens with two attached hydrogens (primary N) is 1. The van der Waals surface area contributed by atoms with Crippen LogP contribution in [0.15, 0.2) is 53.0 Å². The predicted octanol–water partition coefficient (Wildman–Crippen LogP) is 4.87. The van der Waals surface area contributed by atoms with E-state index in [1.165, 1.54) is 5.56 Å². The molecule has 21 heavy (non-hydrogen) atoms. The van der Waals surface area contributed by atoms with Crippen LogP contribution in [0.5, 0.6) is 5.75 Å². The molecule has 0 spiro atoms. The van der Waals surface area contributed by atoms with Crippen LogP contribution >= 0.6 is 15.9 Å². The van der Waals surface area contributed by atoms with Crippen molar-refractivity contribution in [2.75, 3.05) is 6.61 Å². The van der Waals surface area contributed by atoms with Crippen molar-refractivity contribution in [1.82, 2.24) is 0 Å². The van der Waals surface area contributed by atoms with Gasteiger partial charge in [-0.2, -0.15) is 0 Å².